The number of benzene rings is 1. The summed E-state index contributed by atoms with van der Waals surface area (Å²) in [6.07, 6.45) is 4.39. The first-order chi connectivity index (χ1) is 12.8. The molecule has 0 radical (unpaired) electrons. The molecule has 0 spiro atoms. The van der Waals surface area contributed by atoms with Gasteiger partial charge in [-0.25, -0.2) is 0 Å². The third-order valence-electron chi connectivity index (χ3n) is 4.71. The van der Waals surface area contributed by atoms with E-state index in [4.69, 9.17) is 4.42 Å². The van der Waals surface area contributed by atoms with Gasteiger partial charge in [-0.2, -0.15) is 5.10 Å². The quantitative estimate of drug-likeness (QED) is 0.742. The van der Waals surface area contributed by atoms with Gasteiger partial charge >= 0.3 is 0 Å². The predicted octanol–water partition coefficient (Wildman–Crippen LogP) is 2.85. The maximum atomic E-state index is 12.2. The van der Waals surface area contributed by atoms with Crippen LogP contribution in [0.4, 0.5) is 0 Å². The number of carbonyl (C=O) groups excluding carboxylic acids is 1. The highest BCUT2D eigenvalue weighted by atomic mass is 16.3. The fourth-order valence-electron chi connectivity index (χ4n) is 3.47. The van der Waals surface area contributed by atoms with E-state index in [2.05, 4.69) is 26.1 Å². The van der Waals surface area contributed by atoms with Crippen LogP contribution in [0.1, 0.15) is 34.3 Å². The molecular weight excluding hydrogens is 328 g/mol. The van der Waals surface area contributed by atoms with Crippen LogP contribution in [0.3, 0.4) is 0 Å². The van der Waals surface area contributed by atoms with E-state index in [1.807, 2.05) is 48.7 Å². The lowest BCUT2D eigenvalue weighted by Crippen LogP contribution is -2.38. The fourth-order valence-corrected chi connectivity index (χ4v) is 3.47. The highest BCUT2D eigenvalue weighted by molar-refractivity contribution is 5.94. The lowest BCUT2D eigenvalue weighted by atomic mass is 10.1. The van der Waals surface area contributed by atoms with Crippen molar-refractivity contribution in [1.82, 2.24) is 20.0 Å². The van der Waals surface area contributed by atoms with Crippen LogP contribution in [0.15, 0.2) is 65.4 Å². The van der Waals surface area contributed by atoms with Crippen molar-refractivity contribution >= 4 is 5.91 Å². The number of nitrogens with zero attached hydrogens (tertiary/aromatic N) is 3. The average molecular weight is 350 g/mol. The summed E-state index contributed by atoms with van der Waals surface area (Å²) in [7, 11) is 0. The third-order valence-corrected chi connectivity index (χ3v) is 4.71. The van der Waals surface area contributed by atoms with E-state index in [-0.39, 0.29) is 11.9 Å². The molecule has 0 bridgehead atoms. The van der Waals surface area contributed by atoms with Crippen LogP contribution in [-0.4, -0.2) is 33.7 Å². The molecule has 6 heteroatoms. The van der Waals surface area contributed by atoms with E-state index in [0.717, 1.165) is 31.8 Å². The highest BCUT2D eigenvalue weighted by Crippen LogP contribution is 2.24. The molecule has 0 saturated carbocycles. The molecule has 0 fully saturated rings. The maximum Gasteiger partial charge on any atom is 0.251 e. The topological polar surface area (TPSA) is 63.3 Å². The van der Waals surface area contributed by atoms with E-state index in [9.17, 15) is 4.79 Å². The van der Waals surface area contributed by atoms with Gasteiger partial charge in [-0.05, 0) is 36.8 Å². The van der Waals surface area contributed by atoms with Gasteiger partial charge in [0.05, 0.1) is 24.5 Å². The van der Waals surface area contributed by atoms with Gasteiger partial charge in [0.2, 0.25) is 0 Å². The molecule has 3 aromatic rings. The smallest absolute Gasteiger partial charge is 0.251 e. The first-order valence-electron chi connectivity index (χ1n) is 8.90. The molecule has 0 saturated heterocycles. The highest BCUT2D eigenvalue weighted by Gasteiger charge is 2.25. The summed E-state index contributed by atoms with van der Waals surface area (Å²) < 4.78 is 7.57. The van der Waals surface area contributed by atoms with Crippen molar-refractivity contribution in [2.24, 2.45) is 0 Å². The molecule has 1 N–H and O–H groups in total. The lowest BCUT2D eigenvalue weighted by molar-refractivity contribution is 0.0946. The minimum atomic E-state index is -0.0328. The van der Waals surface area contributed by atoms with E-state index >= 15 is 0 Å². The maximum absolute atomic E-state index is 12.2. The third kappa shape index (κ3) is 3.70. The number of aromatic nitrogens is 2. The van der Waals surface area contributed by atoms with E-state index in [0.29, 0.717) is 12.1 Å². The molecular formula is C20H22N4O2. The standard InChI is InChI=1S/C20H22N4O2/c25-20(16-5-2-1-3-6-16)21-10-8-17-13-23(15-19-7-4-12-26-19)14-18-9-11-22-24(17)18/h1-7,9,11-12,17H,8,10,13-15H2,(H,21,25). The van der Waals surface area contributed by atoms with E-state index in [1.54, 1.807) is 6.26 Å². The summed E-state index contributed by atoms with van der Waals surface area (Å²) in [4.78, 5) is 14.6. The second-order valence-electron chi connectivity index (χ2n) is 6.58. The van der Waals surface area contributed by atoms with Crippen LogP contribution in [0, 0.1) is 0 Å². The number of hydrogen-bond acceptors (Lipinski definition) is 4. The monoisotopic (exact) mass is 350 g/mol. The van der Waals surface area contributed by atoms with Crippen molar-refractivity contribution < 1.29 is 9.21 Å². The van der Waals surface area contributed by atoms with Crippen molar-refractivity contribution in [3.8, 4) is 0 Å². The Morgan fingerprint density at radius 3 is 2.88 bits per heavy atom. The Balaban J connectivity index is 1.37. The Kier molecular flexibility index (Phi) is 4.84. The first kappa shape index (κ1) is 16.6. The van der Waals surface area contributed by atoms with Gasteiger partial charge in [-0.1, -0.05) is 18.2 Å². The minimum Gasteiger partial charge on any atom is -0.468 e. The number of carbonyl (C=O) groups is 1. The molecule has 6 nitrogen and oxygen atoms in total. The Morgan fingerprint density at radius 2 is 2.08 bits per heavy atom. The van der Waals surface area contributed by atoms with Crippen molar-refractivity contribution in [3.05, 3.63) is 78.0 Å². The molecule has 26 heavy (non-hydrogen) atoms. The summed E-state index contributed by atoms with van der Waals surface area (Å²) in [6, 6.07) is 15.5. The zero-order chi connectivity index (χ0) is 17.8. The number of nitrogens with one attached hydrogen (secondary N) is 1. The number of amides is 1. The molecule has 1 atom stereocenters. The SMILES string of the molecule is O=C(NCCC1CN(Cc2ccco2)Cc2ccnn21)c1ccccc1. The van der Waals surface area contributed by atoms with Crippen LogP contribution in [0.5, 0.6) is 0 Å². The van der Waals surface area contributed by atoms with Gasteiger partial charge in [-0.3, -0.25) is 14.4 Å². The van der Waals surface area contributed by atoms with Crippen molar-refractivity contribution in [2.75, 3.05) is 13.1 Å². The fraction of sp³-hybridized carbons (Fsp3) is 0.300. The van der Waals surface area contributed by atoms with Gasteiger partial charge < -0.3 is 9.73 Å². The second-order valence-corrected chi connectivity index (χ2v) is 6.58. The second kappa shape index (κ2) is 7.58. The number of fused-ring (bicyclic) bond motifs is 1. The molecule has 3 heterocycles. The lowest BCUT2D eigenvalue weighted by Gasteiger charge is -2.33. The minimum absolute atomic E-state index is 0.0328. The zero-order valence-electron chi connectivity index (χ0n) is 14.5. The molecule has 2 aromatic heterocycles. The molecule has 1 amide bonds. The van der Waals surface area contributed by atoms with Crippen LogP contribution >= 0.6 is 0 Å². The van der Waals surface area contributed by atoms with Crippen LogP contribution in [0.25, 0.3) is 0 Å². The Bertz CT molecular complexity index is 842. The zero-order valence-corrected chi connectivity index (χ0v) is 14.5. The number of furan rings is 1. The molecule has 1 aromatic carbocycles. The normalized spacial score (nSPS) is 17.0. The Morgan fingerprint density at radius 1 is 1.19 bits per heavy atom. The molecule has 1 aliphatic heterocycles. The van der Waals surface area contributed by atoms with Gasteiger partial charge in [0, 0.05) is 31.4 Å². The largest absolute Gasteiger partial charge is 0.468 e. The van der Waals surface area contributed by atoms with Crippen molar-refractivity contribution in [1.29, 1.82) is 0 Å². The Labute approximate surface area is 152 Å². The van der Waals surface area contributed by atoms with Crippen LogP contribution in [0.2, 0.25) is 0 Å². The number of rotatable bonds is 6. The van der Waals surface area contributed by atoms with Gasteiger partial charge in [0.25, 0.3) is 5.91 Å². The van der Waals surface area contributed by atoms with Crippen molar-refractivity contribution in [3.63, 3.8) is 0 Å². The average Bonchev–Trinajstić information content (AvgIpc) is 3.34. The molecule has 1 unspecified atom stereocenters. The van der Waals surface area contributed by atoms with Gasteiger partial charge in [0.15, 0.2) is 0 Å². The summed E-state index contributed by atoms with van der Waals surface area (Å²) >= 11 is 0. The molecule has 4 rings (SSSR count). The van der Waals surface area contributed by atoms with Gasteiger partial charge in [0.1, 0.15) is 5.76 Å². The number of hydrogen-bond donors (Lipinski definition) is 1. The van der Waals surface area contributed by atoms with Crippen molar-refractivity contribution in [2.45, 2.75) is 25.6 Å². The van der Waals surface area contributed by atoms with E-state index in [1.165, 1.54) is 5.69 Å². The summed E-state index contributed by atoms with van der Waals surface area (Å²) in [5.74, 6) is 0.934. The van der Waals surface area contributed by atoms with Crippen LogP contribution in [-0.2, 0) is 13.1 Å². The Hall–Kier alpha value is -2.86. The molecule has 0 aliphatic carbocycles. The van der Waals surface area contributed by atoms with Gasteiger partial charge in [-0.15, -0.1) is 0 Å². The summed E-state index contributed by atoms with van der Waals surface area (Å²) in [5.41, 5.74) is 1.89. The summed E-state index contributed by atoms with van der Waals surface area (Å²) in [6.45, 7) is 3.14. The molecule has 134 valence electrons. The summed E-state index contributed by atoms with van der Waals surface area (Å²) in [5, 5.41) is 7.49. The van der Waals surface area contributed by atoms with E-state index < -0.39 is 0 Å². The predicted molar refractivity (Wildman–Crippen MR) is 97.5 cm³/mol. The van der Waals surface area contributed by atoms with Crippen LogP contribution < -0.4 is 5.32 Å². The first-order valence-corrected chi connectivity index (χ1v) is 8.90. The molecule has 1 aliphatic rings.